The Hall–Kier alpha value is -2.70. The Bertz CT molecular complexity index is 711. The highest BCUT2D eigenvalue weighted by molar-refractivity contribution is 6.09. The summed E-state index contributed by atoms with van der Waals surface area (Å²) in [4.78, 5) is 12.4. The number of carbonyl (C=O) groups is 1. The summed E-state index contributed by atoms with van der Waals surface area (Å²) in [5, 5.41) is 0. The van der Waals surface area contributed by atoms with Gasteiger partial charge in [0, 0.05) is 11.1 Å². The summed E-state index contributed by atoms with van der Waals surface area (Å²) in [5.41, 5.74) is -0.291. The molecule has 2 aromatic rings. The number of ether oxygens (including phenoxy) is 3. The molecule has 0 amide bonds. The predicted octanol–water partition coefficient (Wildman–Crippen LogP) is 3.36. The van der Waals surface area contributed by atoms with Crippen LogP contribution in [0.25, 0.3) is 0 Å². The molecule has 0 unspecified atom stereocenters. The van der Waals surface area contributed by atoms with E-state index in [0.29, 0.717) is 12.1 Å². The second-order valence-corrected chi connectivity index (χ2v) is 4.50. The largest absolute Gasteiger partial charge is 0.493 e. The molecule has 0 aliphatic rings. The van der Waals surface area contributed by atoms with Gasteiger partial charge in [-0.3, -0.25) is 4.79 Å². The van der Waals surface area contributed by atoms with Gasteiger partial charge in [-0.25, -0.2) is 13.2 Å². The standard InChI is InChI=1S/C16H13F3O4/c1-21-12-6-9(7-13(22-2)16(12)23-3)15(20)8-4-10(17)14(19)11(18)5-8/h4-7H,1-3H3. The van der Waals surface area contributed by atoms with Crippen molar-refractivity contribution < 1.29 is 32.2 Å². The van der Waals surface area contributed by atoms with Gasteiger partial charge in [0.1, 0.15) is 0 Å². The summed E-state index contributed by atoms with van der Waals surface area (Å²) in [6.45, 7) is 0. The smallest absolute Gasteiger partial charge is 0.203 e. The first-order valence-corrected chi connectivity index (χ1v) is 6.42. The number of ketones is 1. The zero-order chi connectivity index (χ0) is 17.1. The van der Waals surface area contributed by atoms with Crippen molar-refractivity contribution in [3.8, 4) is 17.2 Å². The first-order chi connectivity index (χ1) is 10.9. The van der Waals surface area contributed by atoms with E-state index in [2.05, 4.69) is 0 Å². The SMILES string of the molecule is COc1cc(C(=O)c2cc(F)c(F)c(F)c2)cc(OC)c1OC. The molecule has 0 N–H and O–H groups in total. The van der Waals surface area contributed by atoms with Crippen molar-refractivity contribution in [3.63, 3.8) is 0 Å². The van der Waals surface area contributed by atoms with Crippen molar-refractivity contribution in [2.24, 2.45) is 0 Å². The highest BCUT2D eigenvalue weighted by Crippen LogP contribution is 2.38. The number of benzene rings is 2. The van der Waals surface area contributed by atoms with E-state index in [1.165, 1.54) is 33.5 Å². The van der Waals surface area contributed by atoms with Gasteiger partial charge >= 0.3 is 0 Å². The van der Waals surface area contributed by atoms with E-state index in [-0.39, 0.29) is 28.4 Å². The highest BCUT2D eigenvalue weighted by atomic mass is 19.2. The Morgan fingerprint density at radius 2 is 1.22 bits per heavy atom. The van der Waals surface area contributed by atoms with Crippen LogP contribution in [0.3, 0.4) is 0 Å². The lowest BCUT2D eigenvalue weighted by Crippen LogP contribution is -2.06. The first-order valence-electron chi connectivity index (χ1n) is 6.42. The molecular formula is C16H13F3O4. The summed E-state index contributed by atoms with van der Waals surface area (Å²) in [7, 11) is 4.12. The zero-order valence-electron chi connectivity index (χ0n) is 12.6. The van der Waals surface area contributed by atoms with E-state index in [1.807, 2.05) is 0 Å². The third-order valence-corrected chi connectivity index (χ3v) is 3.17. The summed E-state index contributed by atoms with van der Waals surface area (Å²) in [5.74, 6) is -4.56. The third-order valence-electron chi connectivity index (χ3n) is 3.17. The Labute approximate surface area is 130 Å². The van der Waals surface area contributed by atoms with E-state index < -0.39 is 23.2 Å². The maximum atomic E-state index is 13.3. The Morgan fingerprint density at radius 1 is 0.783 bits per heavy atom. The fraction of sp³-hybridized carbons (Fsp3) is 0.188. The molecule has 0 saturated heterocycles. The third kappa shape index (κ3) is 3.08. The van der Waals surface area contributed by atoms with Crippen molar-refractivity contribution in [1.29, 1.82) is 0 Å². The molecular weight excluding hydrogens is 313 g/mol. The van der Waals surface area contributed by atoms with Crippen LogP contribution in [0.2, 0.25) is 0 Å². The van der Waals surface area contributed by atoms with E-state index in [9.17, 15) is 18.0 Å². The minimum Gasteiger partial charge on any atom is -0.493 e. The number of carbonyl (C=O) groups excluding carboxylic acids is 1. The summed E-state index contributed by atoms with van der Waals surface area (Å²) >= 11 is 0. The van der Waals surface area contributed by atoms with Crippen molar-refractivity contribution in [2.45, 2.75) is 0 Å². The lowest BCUT2D eigenvalue weighted by Gasteiger charge is -2.13. The molecule has 0 atom stereocenters. The van der Waals surface area contributed by atoms with Crippen LogP contribution in [0.5, 0.6) is 17.2 Å². The molecule has 0 radical (unpaired) electrons. The van der Waals surface area contributed by atoms with Crippen LogP contribution in [0.4, 0.5) is 13.2 Å². The Morgan fingerprint density at radius 3 is 1.61 bits per heavy atom. The second-order valence-electron chi connectivity index (χ2n) is 4.50. The minimum absolute atomic E-state index is 0.0462. The zero-order valence-corrected chi connectivity index (χ0v) is 12.6. The second kappa shape index (κ2) is 6.60. The van der Waals surface area contributed by atoms with Gasteiger partial charge < -0.3 is 14.2 Å². The normalized spacial score (nSPS) is 10.3. The molecule has 2 aromatic carbocycles. The Balaban J connectivity index is 2.55. The van der Waals surface area contributed by atoms with E-state index in [4.69, 9.17) is 14.2 Å². The molecule has 2 rings (SSSR count). The lowest BCUT2D eigenvalue weighted by atomic mass is 10.0. The molecule has 0 saturated carbocycles. The van der Waals surface area contributed by atoms with Crippen LogP contribution in [0.1, 0.15) is 15.9 Å². The van der Waals surface area contributed by atoms with Crippen LogP contribution in [0, 0.1) is 17.5 Å². The van der Waals surface area contributed by atoms with Gasteiger partial charge in [0.2, 0.25) is 5.75 Å². The molecule has 4 nitrogen and oxygen atoms in total. The topological polar surface area (TPSA) is 44.8 Å². The number of hydrogen-bond donors (Lipinski definition) is 0. The van der Waals surface area contributed by atoms with Gasteiger partial charge in [0.05, 0.1) is 21.3 Å². The quantitative estimate of drug-likeness (QED) is 0.624. The van der Waals surface area contributed by atoms with Gasteiger partial charge in [-0.05, 0) is 24.3 Å². The molecule has 0 heterocycles. The highest BCUT2D eigenvalue weighted by Gasteiger charge is 2.20. The van der Waals surface area contributed by atoms with Crippen LogP contribution < -0.4 is 14.2 Å². The summed E-state index contributed by atoms with van der Waals surface area (Å²) in [6, 6.07) is 3.93. The lowest BCUT2D eigenvalue weighted by molar-refractivity contribution is 0.103. The van der Waals surface area contributed by atoms with Crippen LogP contribution in [-0.4, -0.2) is 27.1 Å². The molecule has 0 aliphatic heterocycles. The number of rotatable bonds is 5. The monoisotopic (exact) mass is 326 g/mol. The molecule has 0 spiro atoms. The van der Waals surface area contributed by atoms with Gasteiger partial charge in [-0.15, -0.1) is 0 Å². The molecule has 122 valence electrons. The Kier molecular flexibility index (Phi) is 4.78. The number of methoxy groups -OCH3 is 3. The van der Waals surface area contributed by atoms with Crippen molar-refractivity contribution in [2.75, 3.05) is 21.3 Å². The van der Waals surface area contributed by atoms with Crippen LogP contribution in [0.15, 0.2) is 24.3 Å². The van der Waals surface area contributed by atoms with Gasteiger partial charge in [-0.2, -0.15) is 0 Å². The summed E-state index contributed by atoms with van der Waals surface area (Å²) in [6.07, 6.45) is 0. The number of halogens is 3. The number of hydrogen-bond acceptors (Lipinski definition) is 4. The molecule has 23 heavy (non-hydrogen) atoms. The van der Waals surface area contributed by atoms with Gasteiger partial charge in [0.25, 0.3) is 0 Å². The maximum Gasteiger partial charge on any atom is 0.203 e. The van der Waals surface area contributed by atoms with Gasteiger partial charge in [-0.1, -0.05) is 0 Å². The van der Waals surface area contributed by atoms with Gasteiger partial charge in [0.15, 0.2) is 34.7 Å². The molecule has 0 bridgehead atoms. The van der Waals surface area contributed by atoms with E-state index in [0.717, 1.165) is 0 Å². The summed E-state index contributed by atoms with van der Waals surface area (Å²) < 4.78 is 54.9. The average Bonchev–Trinajstić information content (AvgIpc) is 2.56. The molecule has 0 aromatic heterocycles. The molecule has 0 aliphatic carbocycles. The predicted molar refractivity (Wildman–Crippen MR) is 75.8 cm³/mol. The van der Waals surface area contributed by atoms with Crippen LogP contribution in [-0.2, 0) is 0 Å². The van der Waals surface area contributed by atoms with Crippen molar-refractivity contribution >= 4 is 5.78 Å². The maximum absolute atomic E-state index is 13.3. The first kappa shape index (κ1) is 16.7. The van der Waals surface area contributed by atoms with Crippen LogP contribution >= 0.6 is 0 Å². The minimum atomic E-state index is -1.63. The van der Waals surface area contributed by atoms with Crippen molar-refractivity contribution in [3.05, 3.63) is 52.8 Å². The average molecular weight is 326 g/mol. The molecule has 7 heteroatoms. The van der Waals surface area contributed by atoms with Crippen molar-refractivity contribution in [1.82, 2.24) is 0 Å². The van der Waals surface area contributed by atoms with E-state index in [1.54, 1.807) is 0 Å². The molecule has 0 fully saturated rings. The van der Waals surface area contributed by atoms with E-state index >= 15 is 0 Å². The fourth-order valence-electron chi connectivity index (χ4n) is 2.07. The fourth-order valence-corrected chi connectivity index (χ4v) is 2.07.